The summed E-state index contributed by atoms with van der Waals surface area (Å²) in [6, 6.07) is 10.2. The van der Waals surface area contributed by atoms with Crippen molar-refractivity contribution >= 4 is 17.0 Å². The van der Waals surface area contributed by atoms with Crippen molar-refractivity contribution in [1.82, 2.24) is 9.55 Å². The highest BCUT2D eigenvalue weighted by Crippen LogP contribution is 2.29. The van der Waals surface area contributed by atoms with Gasteiger partial charge in [0.25, 0.3) is 0 Å². The van der Waals surface area contributed by atoms with E-state index in [0.717, 1.165) is 11.4 Å². The van der Waals surface area contributed by atoms with E-state index < -0.39 is 5.82 Å². The highest BCUT2D eigenvalue weighted by atomic mass is 19.1. The summed E-state index contributed by atoms with van der Waals surface area (Å²) in [7, 11) is 3.02. The number of rotatable bonds is 3. The van der Waals surface area contributed by atoms with Crippen molar-refractivity contribution in [1.29, 1.82) is 0 Å². The average molecular weight is 287 g/mol. The molecule has 2 aromatic carbocycles. The first kappa shape index (κ1) is 13.2. The molecule has 1 aromatic heterocycles. The maximum Gasteiger partial charge on any atom is 0.205 e. The second-order valence-electron chi connectivity index (χ2n) is 4.48. The molecule has 0 saturated heterocycles. The van der Waals surface area contributed by atoms with Crippen molar-refractivity contribution in [2.45, 2.75) is 0 Å². The highest BCUT2D eigenvalue weighted by Gasteiger charge is 2.14. The molecule has 0 saturated carbocycles. The largest absolute Gasteiger partial charge is 0.497 e. The molecule has 0 atom stereocenters. The van der Waals surface area contributed by atoms with E-state index in [2.05, 4.69) is 4.98 Å². The third-order valence-electron chi connectivity index (χ3n) is 3.28. The van der Waals surface area contributed by atoms with Gasteiger partial charge < -0.3 is 15.2 Å². The van der Waals surface area contributed by atoms with E-state index in [-0.39, 0.29) is 11.7 Å². The van der Waals surface area contributed by atoms with Crippen LogP contribution >= 0.6 is 0 Å². The molecule has 1 heterocycles. The van der Waals surface area contributed by atoms with Crippen molar-refractivity contribution in [2.75, 3.05) is 20.0 Å². The Morgan fingerprint density at radius 3 is 2.43 bits per heavy atom. The van der Waals surface area contributed by atoms with Gasteiger partial charge in [-0.1, -0.05) is 0 Å². The third kappa shape index (κ3) is 2.14. The van der Waals surface area contributed by atoms with E-state index in [1.807, 2.05) is 24.3 Å². The molecule has 3 rings (SSSR count). The molecule has 0 spiro atoms. The minimum absolute atomic E-state index is 0.150. The number of benzene rings is 2. The standard InChI is InChI=1S/C15H14FN3O2/c1-20-10-5-3-9(4-6-10)19-13-8-14(21-2)11(16)7-12(13)18-15(19)17/h3-8H,1-2H3,(H2,17,18). The molecule has 0 fully saturated rings. The maximum absolute atomic E-state index is 13.7. The van der Waals surface area contributed by atoms with Crippen LogP contribution in [0.5, 0.6) is 11.5 Å². The highest BCUT2D eigenvalue weighted by molar-refractivity contribution is 5.82. The second-order valence-corrected chi connectivity index (χ2v) is 4.48. The SMILES string of the molecule is COc1ccc(-n2c(N)nc3cc(F)c(OC)cc32)cc1. The number of hydrogen-bond donors (Lipinski definition) is 1. The fourth-order valence-electron chi connectivity index (χ4n) is 2.26. The average Bonchev–Trinajstić information content (AvgIpc) is 2.81. The Kier molecular flexibility index (Phi) is 3.13. The van der Waals surface area contributed by atoms with Crippen LogP contribution in [0.1, 0.15) is 0 Å². The van der Waals surface area contributed by atoms with E-state index >= 15 is 0 Å². The molecule has 5 nitrogen and oxygen atoms in total. The number of aromatic nitrogens is 2. The number of fused-ring (bicyclic) bond motifs is 1. The molecule has 0 amide bonds. The molecular weight excluding hydrogens is 273 g/mol. The smallest absolute Gasteiger partial charge is 0.205 e. The van der Waals surface area contributed by atoms with Gasteiger partial charge in [-0.25, -0.2) is 9.37 Å². The number of imidazole rings is 1. The molecule has 0 bridgehead atoms. The van der Waals surface area contributed by atoms with Crippen molar-refractivity contribution in [3.8, 4) is 17.2 Å². The zero-order valence-corrected chi connectivity index (χ0v) is 11.6. The molecule has 2 N–H and O–H groups in total. The summed E-state index contributed by atoms with van der Waals surface area (Å²) in [5, 5.41) is 0. The van der Waals surface area contributed by atoms with E-state index in [1.165, 1.54) is 13.2 Å². The van der Waals surface area contributed by atoms with Gasteiger partial charge in [-0.3, -0.25) is 4.57 Å². The van der Waals surface area contributed by atoms with E-state index in [0.29, 0.717) is 11.0 Å². The van der Waals surface area contributed by atoms with E-state index in [1.54, 1.807) is 17.7 Å². The summed E-state index contributed by atoms with van der Waals surface area (Å²) in [5.74, 6) is 0.703. The van der Waals surface area contributed by atoms with Gasteiger partial charge in [0.05, 0.1) is 25.3 Å². The van der Waals surface area contributed by atoms with E-state index in [9.17, 15) is 4.39 Å². The molecule has 21 heavy (non-hydrogen) atoms. The summed E-state index contributed by atoms with van der Waals surface area (Å²) in [5.41, 5.74) is 7.92. The van der Waals surface area contributed by atoms with Gasteiger partial charge in [-0.2, -0.15) is 0 Å². The van der Waals surface area contributed by atoms with Gasteiger partial charge in [0.2, 0.25) is 5.95 Å². The van der Waals surface area contributed by atoms with Crippen LogP contribution in [0, 0.1) is 5.82 Å². The lowest BCUT2D eigenvalue weighted by Crippen LogP contribution is -2.00. The first-order valence-corrected chi connectivity index (χ1v) is 6.30. The number of nitrogens with two attached hydrogens (primary N) is 1. The van der Waals surface area contributed by atoms with Gasteiger partial charge >= 0.3 is 0 Å². The number of nitrogen functional groups attached to an aromatic ring is 1. The van der Waals surface area contributed by atoms with Crippen LogP contribution in [-0.4, -0.2) is 23.8 Å². The van der Waals surface area contributed by atoms with Gasteiger partial charge in [0.15, 0.2) is 11.6 Å². The first-order valence-electron chi connectivity index (χ1n) is 6.30. The molecule has 108 valence electrons. The summed E-state index contributed by atoms with van der Waals surface area (Å²) in [6.07, 6.45) is 0. The lowest BCUT2D eigenvalue weighted by molar-refractivity contribution is 0.387. The Hall–Kier alpha value is -2.76. The van der Waals surface area contributed by atoms with Crippen LogP contribution in [-0.2, 0) is 0 Å². The van der Waals surface area contributed by atoms with Gasteiger partial charge in [0, 0.05) is 17.8 Å². The van der Waals surface area contributed by atoms with Crippen LogP contribution in [0.3, 0.4) is 0 Å². The Labute approximate surface area is 120 Å². The summed E-state index contributed by atoms with van der Waals surface area (Å²) >= 11 is 0. The summed E-state index contributed by atoms with van der Waals surface area (Å²) in [6.45, 7) is 0. The van der Waals surface area contributed by atoms with Gasteiger partial charge in [-0.15, -0.1) is 0 Å². The summed E-state index contributed by atoms with van der Waals surface area (Å²) < 4.78 is 25.6. The fraction of sp³-hybridized carbons (Fsp3) is 0.133. The third-order valence-corrected chi connectivity index (χ3v) is 3.28. The van der Waals surface area contributed by atoms with E-state index in [4.69, 9.17) is 15.2 Å². The molecule has 0 aliphatic heterocycles. The Bertz CT molecular complexity index is 797. The predicted octanol–water partition coefficient (Wildman–Crippen LogP) is 2.76. The maximum atomic E-state index is 13.7. The van der Waals surface area contributed by atoms with Crippen LogP contribution < -0.4 is 15.2 Å². The van der Waals surface area contributed by atoms with Crippen molar-refractivity contribution < 1.29 is 13.9 Å². The van der Waals surface area contributed by atoms with Crippen molar-refractivity contribution in [3.05, 3.63) is 42.2 Å². The summed E-state index contributed by atoms with van der Waals surface area (Å²) in [4.78, 5) is 4.18. The molecule has 0 unspecified atom stereocenters. The molecule has 6 heteroatoms. The van der Waals surface area contributed by atoms with Crippen LogP contribution in [0.25, 0.3) is 16.7 Å². The number of ether oxygens (including phenoxy) is 2. The van der Waals surface area contributed by atoms with Gasteiger partial charge in [0.1, 0.15) is 5.75 Å². The minimum atomic E-state index is -0.468. The fourth-order valence-corrected chi connectivity index (χ4v) is 2.26. The lowest BCUT2D eigenvalue weighted by atomic mass is 10.2. The number of methoxy groups -OCH3 is 2. The minimum Gasteiger partial charge on any atom is -0.497 e. The monoisotopic (exact) mass is 287 g/mol. The predicted molar refractivity (Wildman–Crippen MR) is 78.5 cm³/mol. The van der Waals surface area contributed by atoms with Crippen LogP contribution in [0.15, 0.2) is 36.4 Å². The molecular formula is C15H14FN3O2. The Morgan fingerprint density at radius 1 is 1.10 bits per heavy atom. The van der Waals surface area contributed by atoms with Crippen molar-refractivity contribution in [2.24, 2.45) is 0 Å². The molecule has 0 aliphatic rings. The molecule has 0 radical (unpaired) electrons. The Balaban J connectivity index is 2.22. The molecule has 0 aliphatic carbocycles. The number of anilines is 1. The molecule has 3 aromatic rings. The first-order chi connectivity index (χ1) is 10.1. The number of hydrogen-bond acceptors (Lipinski definition) is 4. The normalized spacial score (nSPS) is 10.8. The van der Waals surface area contributed by atoms with Crippen LogP contribution in [0.2, 0.25) is 0 Å². The van der Waals surface area contributed by atoms with Crippen molar-refractivity contribution in [3.63, 3.8) is 0 Å². The number of nitrogens with zero attached hydrogens (tertiary/aromatic N) is 2. The van der Waals surface area contributed by atoms with Gasteiger partial charge in [-0.05, 0) is 24.3 Å². The zero-order valence-electron chi connectivity index (χ0n) is 11.6. The zero-order chi connectivity index (χ0) is 15.0. The number of halogens is 1. The Morgan fingerprint density at radius 2 is 1.81 bits per heavy atom. The topological polar surface area (TPSA) is 62.3 Å². The lowest BCUT2D eigenvalue weighted by Gasteiger charge is -2.08. The quantitative estimate of drug-likeness (QED) is 0.804. The second kappa shape index (κ2) is 4.97. The van der Waals surface area contributed by atoms with Crippen LogP contribution in [0.4, 0.5) is 10.3 Å².